The number of hydrogen-bond donors (Lipinski definition) is 1. The zero-order valence-corrected chi connectivity index (χ0v) is 13.9. The van der Waals surface area contributed by atoms with Crippen molar-refractivity contribution in [1.82, 2.24) is 4.72 Å². The van der Waals surface area contributed by atoms with E-state index >= 15 is 0 Å². The van der Waals surface area contributed by atoms with Gasteiger partial charge < -0.3 is 14.3 Å². The molecule has 1 aromatic carbocycles. The zero-order valence-electron chi connectivity index (χ0n) is 13.0. The number of carbonyl (C=O) groups is 1. The Morgan fingerprint density at radius 1 is 1.32 bits per heavy atom. The summed E-state index contributed by atoms with van der Waals surface area (Å²) in [5.74, 6) is -0.589. The fourth-order valence-corrected chi connectivity index (χ4v) is 3.40. The lowest BCUT2D eigenvalue weighted by Crippen LogP contribution is -2.35. The Bertz CT molecular complexity index is 511. The van der Waals surface area contributed by atoms with Crippen molar-refractivity contribution in [3.8, 4) is 0 Å². The van der Waals surface area contributed by atoms with Crippen molar-refractivity contribution in [2.75, 3.05) is 13.2 Å². The van der Waals surface area contributed by atoms with Crippen LogP contribution in [0.5, 0.6) is 0 Å². The number of nitrogens with one attached hydrogen (secondary N) is 1. The largest absolute Gasteiger partial charge is 0.348 e. The molecule has 1 saturated heterocycles. The van der Waals surface area contributed by atoms with E-state index in [0.29, 0.717) is 37.4 Å². The minimum absolute atomic E-state index is 0.163. The first-order valence-electron chi connectivity index (χ1n) is 7.48. The van der Waals surface area contributed by atoms with Crippen LogP contribution < -0.4 is 4.72 Å². The van der Waals surface area contributed by atoms with Gasteiger partial charge in [0.1, 0.15) is 17.3 Å². The molecule has 0 aliphatic carbocycles. The lowest BCUT2D eigenvalue weighted by atomic mass is 10.1. The molecular formula is C16H23NO4S. The van der Waals surface area contributed by atoms with Gasteiger partial charge in [-0.15, -0.1) is 0 Å². The van der Waals surface area contributed by atoms with E-state index in [1.165, 1.54) is 0 Å². The standard InChI is InChI=1S/C16H23NO4S/c1-13-3-5-15(6-4-13)22(19)17-14(8-10-18)7-9-16(2)20-11-12-21-16/h3-6,10,14,17H,7-9,11-12H2,1-2H3/t14-,22?/m0/s1. The average Bonchev–Trinajstić information content (AvgIpc) is 2.93. The number of hydrogen-bond acceptors (Lipinski definition) is 4. The van der Waals surface area contributed by atoms with Crippen LogP contribution in [0.3, 0.4) is 0 Å². The van der Waals surface area contributed by atoms with Crippen LogP contribution in [0.2, 0.25) is 0 Å². The molecule has 122 valence electrons. The Morgan fingerprint density at radius 2 is 1.95 bits per heavy atom. The third-order valence-corrected chi connectivity index (χ3v) is 4.98. The number of aryl methyl sites for hydroxylation is 1. The fourth-order valence-electron chi connectivity index (χ4n) is 2.36. The van der Waals surface area contributed by atoms with Crippen LogP contribution >= 0.6 is 0 Å². The maximum Gasteiger partial charge on any atom is 0.165 e. The fraction of sp³-hybridized carbons (Fsp3) is 0.562. The van der Waals surface area contributed by atoms with Gasteiger partial charge in [-0.3, -0.25) is 0 Å². The zero-order chi connectivity index (χ0) is 16.0. The number of rotatable bonds is 8. The van der Waals surface area contributed by atoms with Gasteiger partial charge in [-0.2, -0.15) is 0 Å². The van der Waals surface area contributed by atoms with Gasteiger partial charge in [0.15, 0.2) is 5.79 Å². The van der Waals surface area contributed by atoms with Gasteiger partial charge >= 0.3 is 0 Å². The molecule has 2 rings (SSSR count). The summed E-state index contributed by atoms with van der Waals surface area (Å²) in [5.41, 5.74) is 1.12. The summed E-state index contributed by atoms with van der Waals surface area (Å²) < 4.78 is 26.5. The first-order valence-corrected chi connectivity index (χ1v) is 8.63. The van der Waals surface area contributed by atoms with Gasteiger partial charge in [0, 0.05) is 18.9 Å². The minimum atomic E-state index is -1.33. The molecule has 1 heterocycles. The molecule has 5 nitrogen and oxygen atoms in total. The predicted molar refractivity (Wildman–Crippen MR) is 84.7 cm³/mol. The van der Waals surface area contributed by atoms with E-state index in [1.807, 2.05) is 38.1 Å². The molecule has 1 aliphatic heterocycles. The van der Waals surface area contributed by atoms with E-state index in [2.05, 4.69) is 4.72 Å². The van der Waals surface area contributed by atoms with Crippen molar-refractivity contribution in [1.29, 1.82) is 0 Å². The molecule has 0 aromatic heterocycles. The summed E-state index contributed by atoms with van der Waals surface area (Å²) >= 11 is 0. The molecule has 1 N–H and O–H groups in total. The van der Waals surface area contributed by atoms with Crippen LogP contribution in [0.25, 0.3) is 0 Å². The predicted octanol–water partition coefficient (Wildman–Crippen LogP) is 2.11. The van der Waals surface area contributed by atoms with E-state index in [0.717, 1.165) is 11.8 Å². The Kier molecular flexibility index (Phi) is 6.26. The highest BCUT2D eigenvalue weighted by Crippen LogP contribution is 2.25. The molecule has 22 heavy (non-hydrogen) atoms. The number of benzene rings is 1. The lowest BCUT2D eigenvalue weighted by molar-refractivity contribution is -0.148. The summed E-state index contributed by atoms with van der Waals surface area (Å²) in [6.45, 7) is 5.07. The second kappa shape index (κ2) is 7.97. The lowest BCUT2D eigenvalue weighted by Gasteiger charge is -2.25. The first kappa shape index (κ1) is 17.3. The highest BCUT2D eigenvalue weighted by Gasteiger charge is 2.31. The number of ether oxygens (including phenoxy) is 2. The molecule has 2 atom stereocenters. The van der Waals surface area contributed by atoms with Crippen molar-refractivity contribution in [2.45, 2.75) is 49.8 Å². The molecular weight excluding hydrogens is 302 g/mol. The van der Waals surface area contributed by atoms with Gasteiger partial charge in [-0.1, -0.05) is 17.7 Å². The maximum atomic E-state index is 12.3. The van der Waals surface area contributed by atoms with Gasteiger partial charge in [0.05, 0.1) is 18.1 Å². The van der Waals surface area contributed by atoms with Crippen molar-refractivity contribution < 1.29 is 18.5 Å². The van der Waals surface area contributed by atoms with Crippen LogP contribution in [-0.4, -0.2) is 35.5 Å². The molecule has 0 bridgehead atoms. The highest BCUT2D eigenvalue weighted by molar-refractivity contribution is 7.83. The SMILES string of the molecule is Cc1ccc(S(=O)N[C@H](CC=O)CCC2(C)OCCO2)cc1. The van der Waals surface area contributed by atoms with E-state index in [-0.39, 0.29) is 6.04 Å². The molecule has 1 aromatic rings. The molecule has 6 heteroatoms. The second-order valence-electron chi connectivity index (χ2n) is 5.67. The van der Waals surface area contributed by atoms with Crippen LogP contribution in [-0.2, 0) is 25.3 Å². The van der Waals surface area contributed by atoms with Gasteiger partial charge in [0.25, 0.3) is 0 Å². The monoisotopic (exact) mass is 325 g/mol. The topological polar surface area (TPSA) is 64.6 Å². The quantitative estimate of drug-likeness (QED) is 0.744. The summed E-state index contributed by atoms with van der Waals surface area (Å²) in [7, 11) is -1.33. The van der Waals surface area contributed by atoms with E-state index in [4.69, 9.17) is 9.47 Å². The van der Waals surface area contributed by atoms with Gasteiger partial charge in [0.2, 0.25) is 0 Å². The van der Waals surface area contributed by atoms with E-state index in [1.54, 1.807) is 0 Å². The smallest absolute Gasteiger partial charge is 0.165 e. The molecule has 0 amide bonds. The average molecular weight is 325 g/mol. The van der Waals surface area contributed by atoms with Crippen molar-refractivity contribution in [3.63, 3.8) is 0 Å². The van der Waals surface area contributed by atoms with Crippen LogP contribution in [0.15, 0.2) is 29.2 Å². The summed E-state index contributed by atoms with van der Waals surface area (Å²) in [6, 6.07) is 7.35. The molecule has 1 fully saturated rings. The summed E-state index contributed by atoms with van der Waals surface area (Å²) in [4.78, 5) is 11.6. The van der Waals surface area contributed by atoms with Crippen molar-refractivity contribution in [2.24, 2.45) is 0 Å². The summed E-state index contributed by atoms with van der Waals surface area (Å²) in [5, 5.41) is 0. The van der Waals surface area contributed by atoms with Crippen LogP contribution in [0.4, 0.5) is 0 Å². The van der Waals surface area contributed by atoms with Crippen LogP contribution in [0, 0.1) is 6.92 Å². The third-order valence-electron chi connectivity index (χ3n) is 3.73. The third kappa shape index (κ3) is 4.98. The Labute approximate surface area is 134 Å². The van der Waals surface area contributed by atoms with Gasteiger partial charge in [-0.25, -0.2) is 8.93 Å². The number of carbonyl (C=O) groups excluding carboxylic acids is 1. The summed E-state index contributed by atoms with van der Waals surface area (Å²) in [6.07, 6.45) is 2.48. The van der Waals surface area contributed by atoms with Gasteiger partial charge in [-0.05, 0) is 32.4 Å². The first-order chi connectivity index (χ1) is 10.5. The number of aldehydes is 1. The minimum Gasteiger partial charge on any atom is -0.348 e. The van der Waals surface area contributed by atoms with Crippen LogP contribution in [0.1, 0.15) is 31.7 Å². The highest BCUT2D eigenvalue weighted by atomic mass is 32.2. The second-order valence-corrected chi connectivity index (χ2v) is 6.91. The Balaban J connectivity index is 1.91. The Morgan fingerprint density at radius 3 is 2.55 bits per heavy atom. The van der Waals surface area contributed by atoms with Crippen molar-refractivity contribution in [3.05, 3.63) is 29.8 Å². The van der Waals surface area contributed by atoms with E-state index < -0.39 is 16.8 Å². The molecule has 1 unspecified atom stereocenters. The van der Waals surface area contributed by atoms with Crippen molar-refractivity contribution >= 4 is 17.3 Å². The van der Waals surface area contributed by atoms with E-state index in [9.17, 15) is 9.00 Å². The Hall–Kier alpha value is -1.08. The molecule has 0 saturated carbocycles. The normalized spacial score (nSPS) is 19.7. The molecule has 0 radical (unpaired) electrons. The maximum absolute atomic E-state index is 12.3. The molecule has 0 spiro atoms. The molecule has 1 aliphatic rings.